The Kier molecular flexibility index (Phi) is 8.79. The zero-order valence-electron chi connectivity index (χ0n) is 20.4. The van der Waals surface area contributed by atoms with Crippen LogP contribution < -0.4 is 0 Å². The van der Waals surface area contributed by atoms with Crippen molar-refractivity contribution in [2.45, 2.75) is 103 Å². The fourth-order valence-electron chi connectivity index (χ4n) is 6.14. The maximum Gasteiger partial charge on any atom is 0.312 e. The number of fused-ring (bicyclic) bond motifs is 1. The first-order valence-electron chi connectivity index (χ1n) is 12.8. The third-order valence-corrected chi connectivity index (χ3v) is 8.09. The molecule has 186 valence electrons. The predicted molar refractivity (Wildman–Crippen MR) is 126 cm³/mol. The van der Waals surface area contributed by atoms with E-state index in [-0.39, 0.29) is 48.1 Å². The molecular formula is C27H42O6. The van der Waals surface area contributed by atoms with Crippen molar-refractivity contribution < 1.29 is 29.6 Å². The second kappa shape index (κ2) is 11.2. The number of carbonyl (C=O) groups is 2. The minimum atomic E-state index is -1.07. The van der Waals surface area contributed by atoms with Gasteiger partial charge in [0.15, 0.2) is 0 Å². The lowest BCUT2D eigenvalue weighted by molar-refractivity contribution is -0.167. The number of ether oxygens (including phenoxy) is 1. The van der Waals surface area contributed by atoms with Gasteiger partial charge in [-0.1, -0.05) is 51.3 Å². The van der Waals surface area contributed by atoms with Crippen molar-refractivity contribution in [2.24, 2.45) is 29.1 Å². The van der Waals surface area contributed by atoms with E-state index in [2.05, 4.69) is 39.0 Å². The zero-order chi connectivity index (χ0) is 24.2. The summed E-state index contributed by atoms with van der Waals surface area (Å²) < 4.78 is 6.29. The molecule has 0 saturated heterocycles. The highest BCUT2D eigenvalue weighted by Gasteiger charge is 2.44. The van der Waals surface area contributed by atoms with Crippen molar-refractivity contribution in [3.8, 4) is 0 Å². The average Bonchev–Trinajstić information content (AvgIpc) is 2.73. The molecule has 33 heavy (non-hydrogen) atoms. The summed E-state index contributed by atoms with van der Waals surface area (Å²) in [7, 11) is 0. The molecule has 6 heteroatoms. The summed E-state index contributed by atoms with van der Waals surface area (Å²) in [5.74, 6) is -0.182. The first-order chi connectivity index (χ1) is 15.6. The van der Waals surface area contributed by atoms with Crippen LogP contribution in [0.15, 0.2) is 23.8 Å². The van der Waals surface area contributed by atoms with Crippen molar-refractivity contribution in [3.05, 3.63) is 23.8 Å². The van der Waals surface area contributed by atoms with Crippen LogP contribution in [0.5, 0.6) is 0 Å². The summed E-state index contributed by atoms with van der Waals surface area (Å²) in [5.41, 5.74) is 0.842. The summed E-state index contributed by atoms with van der Waals surface area (Å²) >= 11 is 0. The number of rotatable bonds is 9. The van der Waals surface area contributed by atoms with Crippen LogP contribution in [0, 0.1) is 29.1 Å². The molecule has 0 spiro atoms. The summed E-state index contributed by atoms with van der Waals surface area (Å²) in [4.78, 5) is 24.0. The van der Waals surface area contributed by atoms with Crippen molar-refractivity contribution in [3.63, 3.8) is 0 Å². The van der Waals surface area contributed by atoms with Gasteiger partial charge in [0, 0.05) is 5.92 Å². The van der Waals surface area contributed by atoms with Crippen LogP contribution in [0.1, 0.15) is 85.0 Å². The van der Waals surface area contributed by atoms with E-state index >= 15 is 0 Å². The van der Waals surface area contributed by atoms with Gasteiger partial charge in [0.25, 0.3) is 0 Å². The van der Waals surface area contributed by atoms with Gasteiger partial charge in [0.2, 0.25) is 0 Å². The van der Waals surface area contributed by atoms with E-state index < -0.39 is 18.2 Å². The number of aliphatic hydroxyl groups is 2. The molecule has 0 amide bonds. The Balaban J connectivity index is 1.70. The van der Waals surface area contributed by atoms with Gasteiger partial charge >= 0.3 is 11.9 Å². The molecule has 0 radical (unpaired) electrons. The molecule has 0 aromatic heterocycles. The predicted octanol–water partition coefficient (Wildman–Crippen LogP) is 4.64. The van der Waals surface area contributed by atoms with Crippen LogP contribution in [0.25, 0.3) is 0 Å². The molecule has 0 aromatic carbocycles. The number of hydrogen-bond acceptors (Lipinski definition) is 5. The lowest BCUT2D eigenvalue weighted by atomic mass is 9.65. The van der Waals surface area contributed by atoms with Gasteiger partial charge in [-0.05, 0) is 68.8 Å². The number of carboxylic acids is 1. The summed E-state index contributed by atoms with van der Waals surface area (Å²) in [6.45, 7) is 6.39. The standard InChI is InChI=1S/C27H42O6/c1-17-13-19-8-7-18(2)22(10-9-20(28)15-21(29)16-24(30)31)25(19)23(14-17)33-26(32)27(3)11-5-4-6-12-27/h7-8,13,17-18,20-23,25,28-29H,4-6,9-12,14-16H2,1-3H3,(H,30,31)/t17-,18-,20+,21+,22-,23-,25-/m0/s1. The summed E-state index contributed by atoms with van der Waals surface area (Å²) in [5, 5.41) is 29.1. The highest BCUT2D eigenvalue weighted by Crippen LogP contribution is 2.46. The van der Waals surface area contributed by atoms with Crippen molar-refractivity contribution in [1.29, 1.82) is 0 Å². The van der Waals surface area contributed by atoms with Gasteiger partial charge in [-0.2, -0.15) is 0 Å². The topological polar surface area (TPSA) is 104 Å². The lowest BCUT2D eigenvalue weighted by Gasteiger charge is -2.44. The number of carbonyl (C=O) groups excluding carboxylic acids is 1. The maximum absolute atomic E-state index is 13.3. The van der Waals surface area contributed by atoms with E-state index in [1.165, 1.54) is 12.0 Å². The largest absolute Gasteiger partial charge is 0.481 e. The molecule has 6 nitrogen and oxygen atoms in total. The van der Waals surface area contributed by atoms with Crippen molar-refractivity contribution in [1.82, 2.24) is 0 Å². The molecule has 0 bridgehead atoms. The Morgan fingerprint density at radius 2 is 1.85 bits per heavy atom. The first-order valence-corrected chi connectivity index (χ1v) is 12.8. The first kappa shape index (κ1) is 26.0. The van der Waals surface area contributed by atoms with Crippen LogP contribution in [-0.2, 0) is 14.3 Å². The minimum Gasteiger partial charge on any atom is -0.481 e. The highest BCUT2D eigenvalue weighted by molar-refractivity contribution is 5.76. The van der Waals surface area contributed by atoms with Gasteiger partial charge < -0.3 is 20.1 Å². The minimum absolute atomic E-state index is 0.0570. The zero-order valence-corrected chi connectivity index (χ0v) is 20.4. The molecule has 0 unspecified atom stereocenters. The molecule has 7 atom stereocenters. The van der Waals surface area contributed by atoms with E-state index in [0.717, 1.165) is 38.5 Å². The molecule has 3 rings (SSSR count). The number of hydrogen-bond donors (Lipinski definition) is 3. The number of allylic oxidation sites excluding steroid dienone is 3. The third kappa shape index (κ3) is 6.69. The highest BCUT2D eigenvalue weighted by atomic mass is 16.5. The molecule has 3 aliphatic rings. The van der Waals surface area contributed by atoms with Crippen molar-refractivity contribution in [2.75, 3.05) is 0 Å². The SMILES string of the molecule is C[C@H]1C=C2C=C[C@H](C)[C@H](CC[C@@H](O)C[C@@H](O)CC(=O)O)[C@H]2[C@@H](OC(=O)C2(C)CCCCC2)C1. The quantitative estimate of drug-likeness (QED) is 0.431. The van der Waals surface area contributed by atoms with Gasteiger partial charge in [-0.3, -0.25) is 9.59 Å². The molecule has 0 aromatic rings. The summed E-state index contributed by atoms with van der Waals surface area (Å²) in [6, 6.07) is 0. The number of aliphatic hydroxyl groups excluding tert-OH is 2. The van der Waals surface area contributed by atoms with Crippen molar-refractivity contribution >= 4 is 11.9 Å². The van der Waals surface area contributed by atoms with Crippen LogP contribution in [-0.4, -0.2) is 45.6 Å². The van der Waals surface area contributed by atoms with E-state index in [1.807, 2.05) is 0 Å². The van der Waals surface area contributed by atoms with Gasteiger partial charge in [0.05, 0.1) is 24.0 Å². The van der Waals surface area contributed by atoms with Crippen LogP contribution in [0.4, 0.5) is 0 Å². The van der Waals surface area contributed by atoms with Crippen LogP contribution >= 0.6 is 0 Å². The van der Waals surface area contributed by atoms with Gasteiger partial charge in [-0.15, -0.1) is 0 Å². The number of carboxylic acid groups (broad SMARTS) is 1. The second-order valence-corrected chi connectivity index (χ2v) is 11.1. The Hall–Kier alpha value is -1.66. The Bertz CT molecular complexity index is 750. The lowest BCUT2D eigenvalue weighted by Crippen LogP contribution is -2.44. The smallest absolute Gasteiger partial charge is 0.312 e. The van der Waals surface area contributed by atoms with E-state index in [9.17, 15) is 19.8 Å². The Labute approximate surface area is 198 Å². The number of aliphatic carboxylic acids is 1. The third-order valence-electron chi connectivity index (χ3n) is 8.09. The van der Waals surface area contributed by atoms with Gasteiger partial charge in [-0.25, -0.2) is 0 Å². The second-order valence-electron chi connectivity index (χ2n) is 11.1. The van der Waals surface area contributed by atoms with Crippen LogP contribution in [0.3, 0.4) is 0 Å². The molecule has 3 aliphatic carbocycles. The molecule has 3 N–H and O–H groups in total. The van der Waals surface area contributed by atoms with Crippen LogP contribution in [0.2, 0.25) is 0 Å². The van der Waals surface area contributed by atoms with E-state index in [4.69, 9.17) is 9.84 Å². The fraction of sp³-hybridized carbons (Fsp3) is 0.778. The van der Waals surface area contributed by atoms with E-state index in [0.29, 0.717) is 12.3 Å². The fourth-order valence-corrected chi connectivity index (χ4v) is 6.14. The van der Waals surface area contributed by atoms with Gasteiger partial charge in [0.1, 0.15) is 6.10 Å². The number of esters is 1. The molecule has 0 aliphatic heterocycles. The Morgan fingerprint density at radius 3 is 2.52 bits per heavy atom. The van der Waals surface area contributed by atoms with E-state index in [1.54, 1.807) is 0 Å². The maximum atomic E-state index is 13.3. The molecule has 1 saturated carbocycles. The summed E-state index contributed by atoms with van der Waals surface area (Å²) in [6.07, 6.45) is 11.6. The molecule has 1 fully saturated rings. The average molecular weight is 463 g/mol. The normalized spacial score (nSPS) is 32.9. The Morgan fingerprint density at radius 1 is 1.15 bits per heavy atom. The monoisotopic (exact) mass is 462 g/mol. The molecule has 0 heterocycles. The molecular weight excluding hydrogens is 420 g/mol.